The van der Waals surface area contributed by atoms with Gasteiger partial charge in [-0.2, -0.15) is 0 Å². The lowest BCUT2D eigenvalue weighted by atomic mass is 9.95. The van der Waals surface area contributed by atoms with Gasteiger partial charge in [0.1, 0.15) is 0 Å². The Kier molecular flexibility index (Phi) is 5.32. The minimum atomic E-state index is -0.367. The van der Waals surface area contributed by atoms with Crippen LogP contribution in [0.2, 0.25) is 0 Å². The highest BCUT2D eigenvalue weighted by Crippen LogP contribution is 2.49. The molecule has 0 aromatic heterocycles. The summed E-state index contributed by atoms with van der Waals surface area (Å²) in [6.07, 6.45) is 2.91. The number of rotatable bonds is 3. The van der Waals surface area contributed by atoms with Crippen LogP contribution >= 0.6 is 11.8 Å². The Morgan fingerprint density at radius 3 is 2.67 bits per heavy atom. The summed E-state index contributed by atoms with van der Waals surface area (Å²) in [5, 5.41) is 23.3. The molecule has 0 aliphatic heterocycles. The average Bonchev–Trinajstić information content (AvgIpc) is 2.86. The number of ether oxygens (including phenoxy) is 1. The number of carbonyl (C=O) groups excluding carboxylic acids is 1. The third kappa shape index (κ3) is 3.47. The van der Waals surface area contributed by atoms with E-state index in [1.54, 1.807) is 18.2 Å². The fraction of sp³-hybridized carbons (Fsp3) is 0.300. The number of methoxy groups -OCH3 is 1. The molecule has 2 aromatic rings. The number of aryl methyl sites for hydroxylation is 1. The number of amides is 1. The van der Waals surface area contributed by atoms with Gasteiger partial charge < -0.3 is 20.3 Å². The molecule has 2 aromatic carbocycles. The number of thioether (sulfide) groups is 1. The normalized spacial score (nSPS) is 15.3. The first-order valence-electron chi connectivity index (χ1n) is 8.48. The average molecular weight is 387 g/mol. The summed E-state index contributed by atoms with van der Waals surface area (Å²) in [7, 11) is 1.42. The highest BCUT2D eigenvalue weighted by molar-refractivity contribution is 7.98. The van der Waals surface area contributed by atoms with Crippen LogP contribution in [0.5, 0.6) is 17.2 Å². The summed E-state index contributed by atoms with van der Waals surface area (Å²) in [5.74, 6) is -0.656. The molecule has 0 unspecified atom stereocenters. The molecule has 0 spiro atoms. The Labute approximate surface area is 161 Å². The highest BCUT2D eigenvalue weighted by atomic mass is 32.2. The quantitative estimate of drug-likeness (QED) is 0.554. The van der Waals surface area contributed by atoms with Crippen molar-refractivity contribution in [3.63, 3.8) is 0 Å². The second-order valence-electron chi connectivity index (χ2n) is 6.38. The number of aromatic hydroxyl groups is 2. The van der Waals surface area contributed by atoms with Gasteiger partial charge in [-0.25, -0.2) is 0 Å². The predicted octanol–water partition coefficient (Wildman–Crippen LogP) is 2.98. The van der Waals surface area contributed by atoms with Crippen LogP contribution in [0.25, 0.3) is 11.1 Å². The van der Waals surface area contributed by atoms with Gasteiger partial charge in [0.15, 0.2) is 16.9 Å². The minimum absolute atomic E-state index is 0.135. The largest absolute Gasteiger partial charge is 0.504 e. The number of fused-ring (bicyclic) bond motifs is 3. The van der Waals surface area contributed by atoms with Crippen molar-refractivity contribution in [2.75, 3.05) is 13.4 Å². The Hall–Kier alpha value is -2.67. The zero-order chi connectivity index (χ0) is 19.7. The number of phenolic OH excluding ortho intramolecular Hbond substituents is 2. The van der Waals surface area contributed by atoms with E-state index in [-0.39, 0.29) is 34.6 Å². The Balaban J connectivity index is 2.40. The first kappa shape index (κ1) is 19.1. The predicted molar refractivity (Wildman–Crippen MR) is 105 cm³/mol. The second kappa shape index (κ2) is 7.52. The summed E-state index contributed by atoms with van der Waals surface area (Å²) < 4.78 is 5.39. The number of hydrogen-bond acceptors (Lipinski definition) is 6. The molecule has 3 rings (SSSR count). The number of phenols is 2. The Morgan fingerprint density at radius 1 is 1.30 bits per heavy atom. The molecule has 0 saturated carbocycles. The van der Waals surface area contributed by atoms with Gasteiger partial charge in [-0.1, -0.05) is 6.07 Å². The Bertz CT molecular complexity index is 973. The van der Waals surface area contributed by atoms with Gasteiger partial charge in [0.2, 0.25) is 11.7 Å². The van der Waals surface area contributed by atoms with E-state index < -0.39 is 0 Å². The van der Waals surface area contributed by atoms with Crippen molar-refractivity contribution < 1.29 is 19.7 Å². The fourth-order valence-electron chi connectivity index (χ4n) is 3.54. The van der Waals surface area contributed by atoms with Crippen LogP contribution < -0.4 is 15.5 Å². The molecule has 1 aliphatic rings. The summed E-state index contributed by atoms with van der Waals surface area (Å²) in [6, 6.07) is 6.22. The third-order valence-corrected chi connectivity index (χ3v) is 5.48. The molecule has 1 amide bonds. The first-order chi connectivity index (χ1) is 12.9. The van der Waals surface area contributed by atoms with Crippen molar-refractivity contribution in [3.05, 3.63) is 45.6 Å². The zero-order valence-electron chi connectivity index (χ0n) is 15.3. The lowest BCUT2D eigenvalue weighted by Crippen LogP contribution is -2.26. The molecule has 0 heterocycles. The molecule has 6 nitrogen and oxygen atoms in total. The summed E-state index contributed by atoms with van der Waals surface area (Å²) in [6.45, 7) is 1.43. The van der Waals surface area contributed by atoms with Crippen molar-refractivity contribution in [3.8, 4) is 28.4 Å². The Morgan fingerprint density at radius 2 is 2.04 bits per heavy atom. The van der Waals surface area contributed by atoms with Gasteiger partial charge in [-0.05, 0) is 54.0 Å². The van der Waals surface area contributed by atoms with E-state index in [4.69, 9.17) is 4.74 Å². The van der Waals surface area contributed by atoms with Crippen LogP contribution in [-0.2, 0) is 11.2 Å². The molecule has 1 atom stereocenters. The summed E-state index contributed by atoms with van der Waals surface area (Å²) in [4.78, 5) is 24.9. The van der Waals surface area contributed by atoms with Gasteiger partial charge in [-0.3, -0.25) is 9.59 Å². The molecule has 27 heavy (non-hydrogen) atoms. The molecule has 0 fully saturated rings. The number of nitrogens with one attached hydrogen (secondary N) is 1. The van der Waals surface area contributed by atoms with Crippen LogP contribution in [0.1, 0.15) is 30.5 Å². The molecule has 0 saturated heterocycles. The van der Waals surface area contributed by atoms with Gasteiger partial charge in [-0.15, -0.1) is 11.8 Å². The number of hydrogen-bond donors (Lipinski definition) is 3. The smallest absolute Gasteiger partial charge is 0.217 e. The maximum Gasteiger partial charge on any atom is 0.217 e. The van der Waals surface area contributed by atoms with Gasteiger partial charge in [0.25, 0.3) is 0 Å². The number of carbonyl (C=O) groups is 1. The van der Waals surface area contributed by atoms with Crippen molar-refractivity contribution in [1.29, 1.82) is 0 Å². The third-order valence-electron chi connectivity index (χ3n) is 4.71. The zero-order valence-corrected chi connectivity index (χ0v) is 16.1. The first-order valence-corrected chi connectivity index (χ1v) is 9.71. The van der Waals surface area contributed by atoms with E-state index in [2.05, 4.69) is 5.32 Å². The second-order valence-corrected chi connectivity index (χ2v) is 7.23. The molecule has 1 aliphatic carbocycles. The highest BCUT2D eigenvalue weighted by Gasteiger charge is 2.28. The van der Waals surface area contributed by atoms with Crippen LogP contribution in [0, 0.1) is 0 Å². The molecule has 7 heteroatoms. The van der Waals surface area contributed by atoms with E-state index in [1.807, 2.05) is 6.26 Å². The van der Waals surface area contributed by atoms with Crippen LogP contribution in [-0.4, -0.2) is 29.5 Å². The van der Waals surface area contributed by atoms with Crippen molar-refractivity contribution in [1.82, 2.24) is 5.32 Å². The van der Waals surface area contributed by atoms with Crippen molar-refractivity contribution in [2.24, 2.45) is 0 Å². The van der Waals surface area contributed by atoms with Crippen LogP contribution in [0.15, 0.2) is 34.0 Å². The molecule has 142 valence electrons. The van der Waals surface area contributed by atoms with E-state index in [0.29, 0.717) is 34.4 Å². The molecular weight excluding hydrogens is 366 g/mol. The summed E-state index contributed by atoms with van der Waals surface area (Å²) in [5.41, 5.74) is 2.62. The van der Waals surface area contributed by atoms with Gasteiger partial charge in [0.05, 0.1) is 18.0 Å². The maximum absolute atomic E-state index is 12.6. The lowest BCUT2D eigenvalue weighted by Gasteiger charge is -2.18. The summed E-state index contributed by atoms with van der Waals surface area (Å²) >= 11 is 1.34. The van der Waals surface area contributed by atoms with Crippen molar-refractivity contribution in [2.45, 2.75) is 30.7 Å². The number of benzene rings is 1. The maximum atomic E-state index is 12.6. The molecular formula is C20H21NO5S. The topological polar surface area (TPSA) is 95.9 Å². The monoisotopic (exact) mass is 387 g/mol. The van der Waals surface area contributed by atoms with Gasteiger partial charge in [0, 0.05) is 12.5 Å². The van der Waals surface area contributed by atoms with E-state index in [1.165, 1.54) is 31.9 Å². The SMILES string of the molecule is COc1c(O)c(O)cc2c1-c1ccc(SC)c(=O)cc1[C@@H](NC(C)=O)CC2. The molecule has 3 N–H and O–H groups in total. The van der Waals surface area contributed by atoms with Crippen molar-refractivity contribution >= 4 is 17.7 Å². The van der Waals surface area contributed by atoms with E-state index in [0.717, 1.165) is 5.56 Å². The van der Waals surface area contributed by atoms with Crippen LogP contribution in [0.4, 0.5) is 0 Å². The van der Waals surface area contributed by atoms with E-state index in [9.17, 15) is 19.8 Å². The van der Waals surface area contributed by atoms with Crippen LogP contribution in [0.3, 0.4) is 0 Å². The lowest BCUT2D eigenvalue weighted by molar-refractivity contribution is -0.119. The molecule has 0 radical (unpaired) electrons. The van der Waals surface area contributed by atoms with E-state index >= 15 is 0 Å². The standard InChI is InChI=1S/C20H21NO5S/c1-10(22)21-14-6-4-11-8-16(24)19(25)20(26-2)18(11)12-5-7-17(27-3)15(23)9-13(12)14/h5,7-9,14,24-25H,4,6H2,1-3H3,(H,21,22)/t14-/m0/s1. The fourth-order valence-corrected chi connectivity index (χ4v) is 4.00. The van der Waals surface area contributed by atoms with Gasteiger partial charge >= 0.3 is 0 Å². The molecule has 0 bridgehead atoms. The minimum Gasteiger partial charge on any atom is -0.504 e.